The summed E-state index contributed by atoms with van der Waals surface area (Å²) in [5, 5.41) is 11.9. The average Bonchev–Trinajstić information content (AvgIpc) is 3.37. The molecule has 7 rings (SSSR count). The number of carbonyl (C=O) groups excluding carboxylic acids is 1. The number of hydrogen-bond donors (Lipinski definition) is 2. The second kappa shape index (κ2) is 10.8. The third-order valence-corrected chi connectivity index (χ3v) is 12.0. The van der Waals surface area contributed by atoms with Crippen molar-refractivity contribution in [3.63, 3.8) is 0 Å². The van der Waals surface area contributed by atoms with Gasteiger partial charge in [-0.1, -0.05) is 29.8 Å². The summed E-state index contributed by atoms with van der Waals surface area (Å²) in [7, 11) is -4.03. The van der Waals surface area contributed by atoms with Crippen LogP contribution in [-0.2, 0) is 22.0 Å². The van der Waals surface area contributed by atoms with Crippen LogP contribution in [0.1, 0.15) is 66.4 Å². The third-order valence-electron chi connectivity index (χ3n) is 10.3. The molecular weight excluding hydrogens is 574 g/mol. The van der Waals surface area contributed by atoms with Gasteiger partial charge in [0.15, 0.2) is 0 Å². The molecule has 224 valence electrons. The number of halogens is 1. The summed E-state index contributed by atoms with van der Waals surface area (Å²) in [5.74, 6) is 0.462. The zero-order valence-corrected chi connectivity index (χ0v) is 25.2. The van der Waals surface area contributed by atoms with Crippen LogP contribution in [0.3, 0.4) is 0 Å². The maximum Gasteiger partial charge on any atom is 0.304 e. The van der Waals surface area contributed by atoms with Crippen LogP contribution in [0.15, 0.2) is 48.6 Å². The Morgan fingerprint density at radius 1 is 1.10 bits per heavy atom. The van der Waals surface area contributed by atoms with Crippen LogP contribution >= 0.6 is 11.6 Å². The zero-order valence-electron chi connectivity index (χ0n) is 23.7. The topological polar surface area (TPSA) is 99.2 Å². The largest absolute Gasteiger partial charge is 0.490 e. The third kappa shape index (κ3) is 5.02. The molecule has 0 radical (unpaired) electrons. The van der Waals surface area contributed by atoms with Gasteiger partial charge in [0.1, 0.15) is 5.75 Å². The van der Waals surface area contributed by atoms with E-state index in [1.165, 1.54) is 15.4 Å². The lowest BCUT2D eigenvalue weighted by Crippen LogP contribution is -2.49. The highest BCUT2D eigenvalue weighted by atomic mass is 35.5. The number of aliphatic hydroxyl groups excluding tert-OH is 1. The molecule has 1 saturated carbocycles. The summed E-state index contributed by atoms with van der Waals surface area (Å²) in [6.45, 7) is 2.29. The maximum atomic E-state index is 13.4. The monoisotopic (exact) mass is 611 g/mol. The predicted octanol–water partition coefficient (Wildman–Crippen LogP) is 4.60. The Hall–Kier alpha value is -2.59. The number of amides is 1. The Morgan fingerprint density at radius 2 is 1.98 bits per heavy atom. The molecule has 2 bridgehead atoms. The number of benzene rings is 2. The van der Waals surface area contributed by atoms with Gasteiger partial charge in [-0.25, -0.2) is 4.72 Å². The number of aliphatic hydroxyl groups is 1. The van der Waals surface area contributed by atoms with E-state index in [4.69, 9.17) is 16.3 Å². The summed E-state index contributed by atoms with van der Waals surface area (Å²) < 4.78 is 36.9. The van der Waals surface area contributed by atoms with Gasteiger partial charge in [-0.3, -0.25) is 4.79 Å². The summed E-state index contributed by atoms with van der Waals surface area (Å²) >= 11 is 6.39. The van der Waals surface area contributed by atoms with E-state index in [1.54, 1.807) is 18.2 Å². The van der Waals surface area contributed by atoms with Gasteiger partial charge in [0.05, 0.1) is 18.4 Å². The van der Waals surface area contributed by atoms with Crippen LogP contribution in [0.4, 0.5) is 5.69 Å². The Kier molecular flexibility index (Phi) is 7.28. The van der Waals surface area contributed by atoms with E-state index in [-0.39, 0.29) is 28.9 Å². The first-order valence-electron chi connectivity index (χ1n) is 15.2. The highest BCUT2D eigenvalue weighted by Crippen LogP contribution is 2.46. The van der Waals surface area contributed by atoms with Crippen LogP contribution in [0.25, 0.3) is 0 Å². The highest BCUT2D eigenvalue weighted by molar-refractivity contribution is 7.87. The van der Waals surface area contributed by atoms with Crippen molar-refractivity contribution in [3.05, 3.63) is 70.3 Å². The Bertz CT molecular complexity index is 1530. The van der Waals surface area contributed by atoms with Gasteiger partial charge in [0.2, 0.25) is 0 Å². The number of hydrogen-bond acceptors (Lipinski definition) is 6. The Labute approximate surface area is 252 Å². The summed E-state index contributed by atoms with van der Waals surface area (Å²) in [6.07, 6.45) is 10.1. The van der Waals surface area contributed by atoms with Crippen LogP contribution in [-0.4, -0.2) is 62.1 Å². The molecule has 1 unspecified atom stereocenters. The van der Waals surface area contributed by atoms with Crippen molar-refractivity contribution in [2.45, 2.75) is 68.9 Å². The Morgan fingerprint density at radius 3 is 2.81 bits per heavy atom. The average molecular weight is 612 g/mol. The first kappa shape index (κ1) is 28.2. The van der Waals surface area contributed by atoms with E-state index in [0.717, 1.165) is 62.2 Å². The lowest BCUT2D eigenvalue weighted by molar-refractivity contribution is 0.0455. The lowest BCUT2D eigenvalue weighted by Gasteiger charge is -2.45. The minimum atomic E-state index is -4.03. The predicted molar refractivity (Wildman–Crippen MR) is 162 cm³/mol. The molecule has 0 aromatic heterocycles. The fourth-order valence-corrected chi connectivity index (χ4v) is 9.54. The molecule has 5 atom stereocenters. The van der Waals surface area contributed by atoms with Crippen molar-refractivity contribution in [3.8, 4) is 5.75 Å². The van der Waals surface area contributed by atoms with Crippen molar-refractivity contribution in [2.75, 3.05) is 31.1 Å². The summed E-state index contributed by atoms with van der Waals surface area (Å²) in [4.78, 5) is 15.7. The van der Waals surface area contributed by atoms with E-state index < -0.39 is 22.2 Å². The molecule has 2 aliphatic carbocycles. The first-order valence-corrected chi connectivity index (χ1v) is 17.0. The van der Waals surface area contributed by atoms with Gasteiger partial charge < -0.3 is 14.7 Å². The highest BCUT2D eigenvalue weighted by Gasteiger charge is 2.44. The van der Waals surface area contributed by atoms with Crippen molar-refractivity contribution < 1.29 is 23.1 Å². The van der Waals surface area contributed by atoms with Crippen LogP contribution in [0, 0.1) is 11.8 Å². The summed E-state index contributed by atoms with van der Waals surface area (Å²) in [5.41, 5.74) is 3.33. The second-order valence-corrected chi connectivity index (χ2v) is 14.8. The molecule has 1 spiro atoms. The fourth-order valence-electron chi connectivity index (χ4n) is 7.92. The first-order chi connectivity index (χ1) is 20.2. The van der Waals surface area contributed by atoms with Gasteiger partial charge in [0, 0.05) is 41.7 Å². The number of carbonyl (C=O) groups is 1. The van der Waals surface area contributed by atoms with Gasteiger partial charge in [0.25, 0.3) is 5.91 Å². The van der Waals surface area contributed by atoms with Crippen molar-refractivity contribution in [1.29, 1.82) is 0 Å². The number of nitrogens with one attached hydrogen (secondary N) is 1. The van der Waals surface area contributed by atoms with Crippen molar-refractivity contribution >= 4 is 33.4 Å². The van der Waals surface area contributed by atoms with Crippen molar-refractivity contribution in [1.82, 2.24) is 9.03 Å². The standard InChI is InChI=1S/C32H38ClN3O5S/c33-24-10-12-27-21(16-24)4-2-14-32(27)19-35-18-23-8-11-26(23)29(37)7-1-5-25-6-3-15-36(25)42(39,40)34-31(38)22-9-13-30(41-20-32)28(35)17-22/h1,7,9-10,12-13,16-17,23,25-26,29,37H,2-6,8,11,14-15,18-20H2,(H,34,38)/b7-1+/t23-,25?,26+,29-,32-/m0/s1. The molecule has 3 heterocycles. The number of rotatable bonds is 0. The smallest absolute Gasteiger partial charge is 0.304 e. The van der Waals surface area contributed by atoms with Gasteiger partial charge in [-0.2, -0.15) is 12.7 Å². The van der Waals surface area contributed by atoms with E-state index >= 15 is 0 Å². The SMILES string of the molecule is O=C1NS(=O)(=O)N2CCCC2C/C=C/[C@H](O)[C@@H]2CC[C@H]2CN2C[C@@]3(CCCc4cc(Cl)ccc43)COc3ccc1cc32. The molecular formula is C32H38ClN3O5S. The maximum absolute atomic E-state index is 13.4. The zero-order chi connectivity index (χ0) is 29.1. The molecule has 2 aromatic rings. The molecule has 42 heavy (non-hydrogen) atoms. The van der Waals surface area contributed by atoms with E-state index in [9.17, 15) is 18.3 Å². The number of ether oxygens (including phenoxy) is 1. The number of fused-ring (bicyclic) bond motifs is 5. The molecule has 5 aliphatic rings. The van der Waals surface area contributed by atoms with Crippen LogP contribution in [0.5, 0.6) is 5.75 Å². The molecule has 2 fully saturated rings. The van der Waals surface area contributed by atoms with E-state index in [0.29, 0.717) is 31.9 Å². The van der Waals surface area contributed by atoms with Gasteiger partial charge >= 0.3 is 10.2 Å². The molecule has 2 N–H and O–H groups in total. The fraction of sp³-hybridized carbons (Fsp3) is 0.531. The lowest BCUT2D eigenvalue weighted by atomic mass is 9.68. The van der Waals surface area contributed by atoms with Crippen LogP contribution < -0.4 is 14.4 Å². The minimum Gasteiger partial charge on any atom is -0.490 e. The number of anilines is 1. The molecule has 8 nitrogen and oxygen atoms in total. The number of nitrogens with zero attached hydrogens (tertiary/aromatic N) is 2. The van der Waals surface area contributed by atoms with E-state index in [1.807, 2.05) is 18.2 Å². The van der Waals surface area contributed by atoms with E-state index in [2.05, 4.69) is 21.8 Å². The molecule has 10 heteroatoms. The molecule has 2 aromatic carbocycles. The minimum absolute atomic E-state index is 0.130. The molecule has 1 saturated heterocycles. The van der Waals surface area contributed by atoms with Crippen LogP contribution in [0.2, 0.25) is 5.02 Å². The Balaban J connectivity index is 1.29. The number of aryl methyl sites for hydroxylation is 1. The molecule has 3 aliphatic heterocycles. The molecule has 1 amide bonds. The van der Waals surface area contributed by atoms with Crippen molar-refractivity contribution in [2.24, 2.45) is 11.8 Å². The quantitative estimate of drug-likeness (QED) is 0.423. The van der Waals surface area contributed by atoms with Gasteiger partial charge in [-0.05, 0) is 105 Å². The second-order valence-electron chi connectivity index (χ2n) is 12.8. The normalized spacial score (nSPS) is 33.3. The van der Waals surface area contributed by atoms with Gasteiger partial charge in [-0.15, -0.1) is 0 Å². The summed E-state index contributed by atoms with van der Waals surface area (Å²) in [6, 6.07) is 11.2.